The van der Waals surface area contributed by atoms with Gasteiger partial charge in [-0.15, -0.1) is 0 Å². The summed E-state index contributed by atoms with van der Waals surface area (Å²) in [5.41, 5.74) is 0. The summed E-state index contributed by atoms with van der Waals surface area (Å²) in [6.07, 6.45) is 3.73. The number of hydrogen-bond donors (Lipinski definition) is 2. The summed E-state index contributed by atoms with van der Waals surface area (Å²) in [5.74, 6) is -1.24. The van der Waals surface area contributed by atoms with Crippen LogP contribution in [0.1, 0.15) is 32.1 Å². The molecule has 1 heterocycles. The van der Waals surface area contributed by atoms with Gasteiger partial charge in [-0.05, 0) is 32.1 Å². The van der Waals surface area contributed by atoms with E-state index < -0.39 is 5.97 Å². The summed E-state index contributed by atoms with van der Waals surface area (Å²) >= 11 is 0. The van der Waals surface area contributed by atoms with E-state index in [1.807, 2.05) is 0 Å². The fourth-order valence-electron chi connectivity index (χ4n) is 2.62. The highest BCUT2D eigenvalue weighted by molar-refractivity contribution is 5.81. The SMILES string of the molecule is O=C(O)[C@H]1CC[C@@H](C(=O)NC2CCCOC2)C1. The average Bonchev–Trinajstić information content (AvgIpc) is 2.79. The first kappa shape index (κ1) is 12.4. The molecule has 0 aromatic heterocycles. The van der Waals surface area contributed by atoms with Gasteiger partial charge in [-0.3, -0.25) is 9.59 Å². The minimum atomic E-state index is -0.777. The van der Waals surface area contributed by atoms with Crippen molar-refractivity contribution in [1.82, 2.24) is 5.32 Å². The number of carboxylic acids is 1. The molecule has 2 fully saturated rings. The van der Waals surface area contributed by atoms with Crippen molar-refractivity contribution in [2.45, 2.75) is 38.1 Å². The number of carbonyl (C=O) groups excluding carboxylic acids is 1. The van der Waals surface area contributed by atoms with Crippen LogP contribution in [0.3, 0.4) is 0 Å². The molecule has 1 aliphatic carbocycles. The number of aliphatic carboxylic acids is 1. The van der Waals surface area contributed by atoms with Crippen molar-refractivity contribution in [3.05, 3.63) is 0 Å². The number of hydrogen-bond acceptors (Lipinski definition) is 3. The van der Waals surface area contributed by atoms with Crippen LogP contribution in [0.15, 0.2) is 0 Å². The molecule has 1 amide bonds. The van der Waals surface area contributed by atoms with E-state index >= 15 is 0 Å². The molecule has 2 aliphatic rings. The molecule has 1 aliphatic heterocycles. The number of rotatable bonds is 3. The second-order valence-corrected chi connectivity index (χ2v) is 4.97. The zero-order valence-electron chi connectivity index (χ0n) is 9.85. The molecule has 2 rings (SSSR count). The number of ether oxygens (including phenoxy) is 1. The lowest BCUT2D eigenvalue weighted by molar-refractivity contribution is -0.141. The fraction of sp³-hybridized carbons (Fsp3) is 0.833. The van der Waals surface area contributed by atoms with Gasteiger partial charge in [0.2, 0.25) is 5.91 Å². The van der Waals surface area contributed by atoms with Gasteiger partial charge in [0.1, 0.15) is 0 Å². The molecular weight excluding hydrogens is 222 g/mol. The fourth-order valence-corrected chi connectivity index (χ4v) is 2.62. The first-order valence-corrected chi connectivity index (χ1v) is 6.27. The third-order valence-corrected chi connectivity index (χ3v) is 3.66. The Morgan fingerprint density at radius 2 is 1.94 bits per heavy atom. The van der Waals surface area contributed by atoms with E-state index in [2.05, 4.69) is 5.32 Å². The molecule has 96 valence electrons. The zero-order valence-corrected chi connectivity index (χ0v) is 9.85. The summed E-state index contributed by atoms with van der Waals surface area (Å²) in [6.45, 7) is 1.36. The monoisotopic (exact) mass is 241 g/mol. The first-order chi connectivity index (χ1) is 8.16. The molecule has 1 unspecified atom stereocenters. The van der Waals surface area contributed by atoms with Crippen LogP contribution >= 0.6 is 0 Å². The molecule has 1 saturated heterocycles. The highest BCUT2D eigenvalue weighted by Crippen LogP contribution is 2.31. The molecule has 0 bridgehead atoms. The van der Waals surface area contributed by atoms with Crippen molar-refractivity contribution < 1.29 is 19.4 Å². The largest absolute Gasteiger partial charge is 0.481 e. The van der Waals surface area contributed by atoms with Gasteiger partial charge in [0.25, 0.3) is 0 Å². The Hall–Kier alpha value is -1.10. The van der Waals surface area contributed by atoms with Crippen molar-refractivity contribution in [2.75, 3.05) is 13.2 Å². The molecule has 0 spiro atoms. The third kappa shape index (κ3) is 3.19. The number of carboxylic acid groups (broad SMARTS) is 1. The highest BCUT2D eigenvalue weighted by Gasteiger charge is 2.34. The van der Waals surface area contributed by atoms with E-state index in [0.29, 0.717) is 25.9 Å². The van der Waals surface area contributed by atoms with Gasteiger partial charge < -0.3 is 15.2 Å². The second-order valence-electron chi connectivity index (χ2n) is 4.97. The Kier molecular flexibility index (Phi) is 3.99. The van der Waals surface area contributed by atoms with Crippen LogP contribution in [0, 0.1) is 11.8 Å². The van der Waals surface area contributed by atoms with Crippen LogP contribution in [0.5, 0.6) is 0 Å². The normalized spacial score (nSPS) is 33.3. The Labute approximate surface area is 101 Å². The molecule has 0 aromatic rings. The standard InChI is InChI=1S/C12H19NO4/c14-11(13-10-2-1-5-17-7-10)8-3-4-9(6-8)12(15)16/h8-10H,1-7H2,(H,13,14)(H,15,16)/t8-,9+,10?/m1/s1. The highest BCUT2D eigenvalue weighted by atomic mass is 16.5. The van der Waals surface area contributed by atoms with Gasteiger partial charge in [-0.1, -0.05) is 0 Å². The lowest BCUT2D eigenvalue weighted by Crippen LogP contribution is -2.43. The quantitative estimate of drug-likeness (QED) is 0.765. The molecule has 3 atom stereocenters. The topological polar surface area (TPSA) is 75.6 Å². The van der Waals surface area contributed by atoms with Crippen molar-refractivity contribution in [3.8, 4) is 0 Å². The summed E-state index contributed by atoms with van der Waals surface area (Å²) in [4.78, 5) is 22.7. The van der Waals surface area contributed by atoms with Crippen molar-refractivity contribution in [3.63, 3.8) is 0 Å². The number of nitrogens with one attached hydrogen (secondary N) is 1. The van der Waals surface area contributed by atoms with E-state index in [0.717, 1.165) is 19.4 Å². The predicted molar refractivity (Wildman–Crippen MR) is 60.5 cm³/mol. The molecule has 5 nitrogen and oxygen atoms in total. The van der Waals surface area contributed by atoms with Crippen LogP contribution in [0.4, 0.5) is 0 Å². The Bertz CT molecular complexity index is 299. The Morgan fingerprint density at radius 3 is 2.53 bits per heavy atom. The second kappa shape index (κ2) is 5.49. The Morgan fingerprint density at radius 1 is 1.18 bits per heavy atom. The molecule has 0 aromatic carbocycles. The minimum absolute atomic E-state index is 0.00394. The average molecular weight is 241 g/mol. The van der Waals surface area contributed by atoms with Crippen LogP contribution in [0.2, 0.25) is 0 Å². The summed E-state index contributed by atoms with van der Waals surface area (Å²) in [6, 6.07) is 0.111. The van der Waals surface area contributed by atoms with Gasteiger partial charge in [0, 0.05) is 12.5 Å². The summed E-state index contributed by atoms with van der Waals surface area (Å²) < 4.78 is 5.30. The Balaban J connectivity index is 1.78. The van der Waals surface area contributed by atoms with Crippen molar-refractivity contribution in [2.24, 2.45) is 11.8 Å². The van der Waals surface area contributed by atoms with Crippen molar-refractivity contribution >= 4 is 11.9 Å². The maximum absolute atomic E-state index is 11.9. The van der Waals surface area contributed by atoms with E-state index in [-0.39, 0.29) is 23.8 Å². The van der Waals surface area contributed by atoms with Crippen LogP contribution in [0.25, 0.3) is 0 Å². The number of amides is 1. The van der Waals surface area contributed by atoms with Gasteiger partial charge in [0.15, 0.2) is 0 Å². The van der Waals surface area contributed by atoms with E-state index in [1.165, 1.54) is 0 Å². The van der Waals surface area contributed by atoms with Gasteiger partial charge in [-0.2, -0.15) is 0 Å². The first-order valence-electron chi connectivity index (χ1n) is 6.27. The summed E-state index contributed by atoms with van der Waals surface area (Å²) in [5, 5.41) is 11.8. The maximum Gasteiger partial charge on any atom is 0.306 e. The summed E-state index contributed by atoms with van der Waals surface area (Å²) in [7, 11) is 0. The van der Waals surface area contributed by atoms with Crippen LogP contribution in [-0.2, 0) is 14.3 Å². The minimum Gasteiger partial charge on any atom is -0.481 e. The van der Waals surface area contributed by atoms with Gasteiger partial charge >= 0.3 is 5.97 Å². The van der Waals surface area contributed by atoms with Crippen LogP contribution < -0.4 is 5.32 Å². The molecule has 2 N–H and O–H groups in total. The van der Waals surface area contributed by atoms with E-state index in [9.17, 15) is 9.59 Å². The lowest BCUT2D eigenvalue weighted by atomic mass is 10.0. The smallest absolute Gasteiger partial charge is 0.306 e. The van der Waals surface area contributed by atoms with E-state index in [4.69, 9.17) is 9.84 Å². The van der Waals surface area contributed by atoms with E-state index in [1.54, 1.807) is 0 Å². The molecular formula is C12H19NO4. The molecule has 0 radical (unpaired) electrons. The zero-order chi connectivity index (χ0) is 12.3. The van der Waals surface area contributed by atoms with Crippen molar-refractivity contribution in [1.29, 1.82) is 0 Å². The third-order valence-electron chi connectivity index (χ3n) is 3.66. The van der Waals surface area contributed by atoms with Crippen LogP contribution in [-0.4, -0.2) is 36.2 Å². The van der Waals surface area contributed by atoms with Gasteiger partial charge in [0.05, 0.1) is 18.6 Å². The number of carbonyl (C=O) groups is 2. The maximum atomic E-state index is 11.9. The molecule has 1 saturated carbocycles. The lowest BCUT2D eigenvalue weighted by Gasteiger charge is -2.24. The molecule has 5 heteroatoms. The van der Waals surface area contributed by atoms with Gasteiger partial charge in [-0.25, -0.2) is 0 Å². The predicted octanol–water partition coefficient (Wildman–Crippen LogP) is 0.782. The molecule has 17 heavy (non-hydrogen) atoms.